The monoisotopic (exact) mass is 476 g/mol. The quantitative estimate of drug-likeness (QED) is 0.357. The molecule has 0 fully saturated rings. The number of hydrogen-bond donors (Lipinski definition) is 2. The molecule has 0 spiro atoms. The van der Waals surface area contributed by atoms with Gasteiger partial charge in [0.05, 0.1) is 23.1 Å². The maximum absolute atomic E-state index is 12.8. The van der Waals surface area contributed by atoms with Gasteiger partial charge in [0.1, 0.15) is 0 Å². The topological polar surface area (TPSA) is 92.2 Å². The van der Waals surface area contributed by atoms with Crippen molar-refractivity contribution in [2.75, 3.05) is 30.3 Å². The molecule has 34 heavy (non-hydrogen) atoms. The summed E-state index contributed by atoms with van der Waals surface area (Å²) < 4.78 is 2.05. The van der Waals surface area contributed by atoms with Gasteiger partial charge in [-0.3, -0.25) is 20.2 Å². The summed E-state index contributed by atoms with van der Waals surface area (Å²) in [7, 11) is 0. The number of nitrogens with zero attached hydrogens (tertiary/aromatic N) is 4. The number of imidazole rings is 1. The third-order valence-corrected chi connectivity index (χ3v) is 6.40. The van der Waals surface area contributed by atoms with Crippen molar-refractivity contribution in [1.29, 1.82) is 0 Å². The molecule has 2 heterocycles. The lowest BCUT2D eigenvalue weighted by Gasteiger charge is -2.19. The normalized spacial score (nSPS) is 11.1. The molecule has 8 nitrogen and oxygen atoms in total. The van der Waals surface area contributed by atoms with E-state index in [1.54, 1.807) is 17.5 Å². The van der Waals surface area contributed by atoms with Gasteiger partial charge in [0.25, 0.3) is 5.91 Å². The Balaban J connectivity index is 1.42. The fraction of sp³-hybridized carbons (Fsp3) is 0.280. The van der Waals surface area contributed by atoms with Gasteiger partial charge in [-0.1, -0.05) is 44.2 Å². The van der Waals surface area contributed by atoms with E-state index in [-0.39, 0.29) is 18.2 Å². The molecule has 2 aromatic carbocycles. The third kappa shape index (κ3) is 5.67. The number of hydrogen-bond acceptors (Lipinski definition) is 6. The molecule has 0 aliphatic carbocycles. The number of carbonyl (C=O) groups excluding carboxylic acids is 2. The first-order chi connectivity index (χ1) is 16.6. The van der Waals surface area contributed by atoms with Crippen LogP contribution in [-0.4, -0.2) is 50.9 Å². The SMILES string of the molecule is CCN(CC)CCn1c(NC(=O)Cc2csc(NC(=O)c3ccccc3)n2)nc2ccccc21. The number of thiazole rings is 1. The van der Waals surface area contributed by atoms with E-state index in [0.29, 0.717) is 22.3 Å². The molecule has 4 aromatic rings. The van der Waals surface area contributed by atoms with E-state index in [2.05, 4.69) is 43.9 Å². The Kier molecular flexibility index (Phi) is 7.66. The summed E-state index contributed by atoms with van der Waals surface area (Å²) in [5.74, 6) is 0.102. The summed E-state index contributed by atoms with van der Waals surface area (Å²) in [5.41, 5.74) is 2.98. The average molecular weight is 477 g/mol. The molecule has 0 aliphatic heterocycles. The lowest BCUT2D eigenvalue weighted by Crippen LogP contribution is -2.28. The summed E-state index contributed by atoms with van der Waals surface area (Å²) >= 11 is 1.29. The molecule has 0 aliphatic rings. The van der Waals surface area contributed by atoms with E-state index in [4.69, 9.17) is 0 Å². The highest BCUT2D eigenvalue weighted by Gasteiger charge is 2.16. The van der Waals surface area contributed by atoms with Gasteiger partial charge < -0.3 is 9.47 Å². The number of fused-ring (bicyclic) bond motifs is 1. The standard InChI is InChI=1S/C25H28N6O2S/c1-3-30(4-2)14-15-31-21-13-9-8-12-20(21)27-24(31)28-22(32)16-19-17-34-25(26-19)29-23(33)18-10-6-5-7-11-18/h5-13,17H,3-4,14-16H2,1-2H3,(H,26,29,33)(H,27,28,32). The number of rotatable bonds is 10. The maximum atomic E-state index is 12.8. The summed E-state index contributed by atoms with van der Waals surface area (Å²) in [6.45, 7) is 7.82. The van der Waals surface area contributed by atoms with Crippen molar-refractivity contribution >= 4 is 45.3 Å². The van der Waals surface area contributed by atoms with Crippen LogP contribution in [0.4, 0.5) is 11.1 Å². The number of nitrogens with one attached hydrogen (secondary N) is 2. The first-order valence-electron chi connectivity index (χ1n) is 11.4. The second-order valence-electron chi connectivity index (χ2n) is 7.79. The molecule has 0 saturated carbocycles. The van der Waals surface area contributed by atoms with Gasteiger partial charge in [-0.2, -0.15) is 0 Å². The van der Waals surface area contributed by atoms with Gasteiger partial charge in [-0.25, -0.2) is 9.97 Å². The van der Waals surface area contributed by atoms with Gasteiger partial charge in [-0.05, 0) is 37.4 Å². The van der Waals surface area contributed by atoms with Gasteiger partial charge in [-0.15, -0.1) is 11.3 Å². The van der Waals surface area contributed by atoms with Crippen LogP contribution >= 0.6 is 11.3 Å². The van der Waals surface area contributed by atoms with Gasteiger partial charge >= 0.3 is 0 Å². The van der Waals surface area contributed by atoms with Crippen LogP contribution in [0, 0.1) is 0 Å². The molecule has 2 N–H and O–H groups in total. The molecule has 2 aromatic heterocycles. The highest BCUT2D eigenvalue weighted by Crippen LogP contribution is 2.21. The molecule has 0 saturated heterocycles. The minimum atomic E-state index is -0.229. The number of carbonyl (C=O) groups is 2. The fourth-order valence-electron chi connectivity index (χ4n) is 3.72. The molecule has 0 unspecified atom stereocenters. The molecule has 0 radical (unpaired) electrons. The first kappa shape index (κ1) is 23.6. The third-order valence-electron chi connectivity index (χ3n) is 5.59. The van der Waals surface area contributed by atoms with Crippen LogP contribution < -0.4 is 10.6 Å². The zero-order valence-electron chi connectivity index (χ0n) is 19.3. The lowest BCUT2D eigenvalue weighted by molar-refractivity contribution is -0.115. The van der Waals surface area contributed by atoms with E-state index in [0.717, 1.165) is 37.2 Å². The van der Waals surface area contributed by atoms with E-state index in [9.17, 15) is 9.59 Å². The number of para-hydroxylation sites is 2. The Morgan fingerprint density at radius 3 is 2.47 bits per heavy atom. The Morgan fingerprint density at radius 1 is 0.971 bits per heavy atom. The number of amides is 2. The minimum Gasteiger partial charge on any atom is -0.309 e. The van der Waals surface area contributed by atoms with Crippen molar-refractivity contribution in [3.8, 4) is 0 Å². The molecule has 4 rings (SSSR count). The van der Waals surface area contributed by atoms with Crippen LogP contribution in [0.3, 0.4) is 0 Å². The van der Waals surface area contributed by atoms with Crippen LogP contribution in [0.2, 0.25) is 0 Å². The van der Waals surface area contributed by atoms with E-state index in [1.165, 1.54) is 11.3 Å². The molecule has 0 bridgehead atoms. The second kappa shape index (κ2) is 11.0. The van der Waals surface area contributed by atoms with E-state index in [1.807, 2.05) is 42.5 Å². The smallest absolute Gasteiger partial charge is 0.257 e. The van der Waals surface area contributed by atoms with Gasteiger partial charge in [0.2, 0.25) is 11.9 Å². The summed E-state index contributed by atoms with van der Waals surface area (Å²) in [6.07, 6.45) is 0.0942. The number of likely N-dealkylation sites (N-methyl/N-ethyl adjacent to an activating group) is 1. The van der Waals surface area contributed by atoms with E-state index >= 15 is 0 Å². The Morgan fingerprint density at radius 2 is 1.71 bits per heavy atom. The van der Waals surface area contributed by atoms with Gasteiger partial charge in [0, 0.05) is 24.0 Å². The maximum Gasteiger partial charge on any atom is 0.257 e. The molecule has 9 heteroatoms. The average Bonchev–Trinajstić information content (AvgIpc) is 3.43. The highest BCUT2D eigenvalue weighted by molar-refractivity contribution is 7.14. The minimum absolute atomic E-state index is 0.0942. The van der Waals surface area contributed by atoms with Crippen LogP contribution in [0.25, 0.3) is 11.0 Å². The highest BCUT2D eigenvalue weighted by atomic mass is 32.1. The molecular formula is C25H28N6O2S. The van der Waals surface area contributed by atoms with Crippen molar-refractivity contribution in [3.63, 3.8) is 0 Å². The van der Waals surface area contributed by atoms with Crippen molar-refractivity contribution in [2.24, 2.45) is 0 Å². The summed E-state index contributed by atoms with van der Waals surface area (Å²) in [4.78, 5) is 36.5. The molecular weight excluding hydrogens is 448 g/mol. The Bertz CT molecular complexity index is 1260. The largest absolute Gasteiger partial charge is 0.309 e. The predicted octanol–water partition coefficient (Wildman–Crippen LogP) is 4.27. The number of aromatic nitrogens is 3. The summed E-state index contributed by atoms with van der Waals surface area (Å²) in [6, 6.07) is 16.8. The Labute approximate surface area is 202 Å². The molecule has 2 amide bonds. The van der Waals surface area contributed by atoms with Crippen molar-refractivity contribution in [1.82, 2.24) is 19.4 Å². The molecule has 176 valence electrons. The zero-order chi connectivity index (χ0) is 23.9. The zero-order valence-corrected chi connectivity index (χ0v) is 20.1. The summed E-state index contributed by atoms with van der Waals surface area (Å²) in [5, 5.41) is 7.98. The number of benzene rings is 2. The van der Waals surface area contributed by atoms with Crippen LogP contribution in [0.1, 0.15) is 29.9 Å². The fourth-order valence-corrected chi connectivity index (χ4v) is 4.42. The molecule has 0 atom stereocenters. The second-order valence-corrected chi connectivity index (χ2v) is 8.65. The van der Waals surface area contributed by atoms with Crippen LogP contribution in [-0.2, 0) is 17.8 Å². The van der Waals surface area contributed by atoms with Crippen LogP contribution in [0.15, 0.2) is 60.0 Å². The van der Waals surface area contributed by atoms with Crippen LogP contribution in [0.5, 0.6) is 0 Å². The van der Waals surface area contributed by atoms with Gasteiger partial charge in [0.15, 0.2) is 5.13 Å². The Hall–Kier alpha value is -3.56. The lowest BCUT2D eigenvalue weighted by atomic mass is 10.2. The van der Waals surface area contributed by atoms with Crippen molar-refractivity contribution in [3.05, 3.63) is 71.2 Å². The predicted molar refractivity (Wildman–Crippen MR) is 136 cm³/mol. The first-order valence-corrected chi connectivity index (χ1v) is 12.2. The van der Waals surface area contributed by atoms with E-state index < -0.39 is 0 Å². The number of anilines is 2. The van der Waals surface area contributed by atoms with Crippen molar-refractivity contribution < 1.29 is 9.59 Å². The van der Waals surface area contributed by atoms with Crippen molar-refractivity contribution in [2.45, 2.75) is 26.8 Å².